The van der Waals surface area contributed by atoms with E-state index in [2.05, 4.69) is 5.32 Å². The van der Waals surface area contributed by atoms with Crippen LogP contribution in [0.5, 0.6) is 0 Å². The van der Waals surface area contributed by atoms with E-state index >= 15 is 0 Å². The molecule has 6 heteroatoms. The number of anilines is 1. The topological polar surface area (TPSA) is 49.4 Å². The molecule has 0 fully saturated rings. The number of rotatable bonds is 5. The molecule has 4 nitrogen and oxygen atoms in total. The number of hydrogen-bond donors (Lipinski definition) is 1. The predicted octanol–water partition coefficient (Wildman–Crippen LogP) is 4.55. The van der Waals surface area contributed by atoms with Gasteiger partial charge in [-0.2, -0.15) is 0 Å². The monoisotopic (exact) mass is 406 g/mol. The quantitative estimate of drug-likeness (QED) is 0.676. The van der Waals surface area contributed by atoms with Crippen molar-refractivity contribution in [3.63, 3.8) is 0 Å². The molecule has 3 aromatic rings. The average Bonchev–Trinajstić information content (AvgIpc) is 3.04. The first-order valence-electron chi connectivity index (χ1n) is 9.65. The van der Waals surface area contributed by atoms with Gasteiger partial charge in [-0.3, -0.25) is 9.59 Å². The highest BCUT2D eigenvalue weighted by atomic mass is 19.1. The third-order valence-corrected chi connectivity index (χ3v) is 5.25. The number of hydrogen-bond acceptors (Lipinski definition) is 2. The van der Waals surface area contributed by atoms with Gasteiger partial charge >= 0.3 is 0 Å². The van der Waals surface area contributed by atoms with Crippen LogP contribution in [0, 0.1) is 11.6 Å². The molecule has 152 valence electrons. The van der Waals surface area contributed by atoms with Gasteiger partial charge in [0, 0.05) is 11.3 Å². The van der Waals surface area contributed by atoms with Crippen molar-refractivity contribution < 1.29 is 18.4 Å². The molecule has 0 spiro atoms. The maximum Gasteiger partial charge on any atom is 0.251 e. The van der Waals surface area contributed by atoms with Gasteiger partial charge < -0.3 is 10.2 Å². The maximum atomic E-state index is 13.1. The van der Waals surface area contributed by atoms with Crippen molar-refractivity contribution in [3.8, 4) is 0 Å². The SMILES string of the molecule is CC(NC(=O)c1ccc2c(c1)CC(=O)N2Cc1ccc(F)cc1)c1ccc(F)cc1. The first-order valence-corrected chi connectivity index (χ1v) is 9.65. The molecule has 2 amide bonds. The number of benzene rings is 3. The molecule has 1 aliphatic heterocycles. The molecule has 1 N–H and O–H groups in total. The summed E-state index contributed by atoms with van der Waals surface area (Å²) in [7, 11) is 0. The Morgan fingerprint density at radius 2 is 1.63 bits per heavy atom. The second-order valence-electron chi connectivity index (χ2n) is 7.37. The molecular formula is C24H20F2N2O2. The summed E-state index contributed by atoms with van der Waals surface area (Å²) in [5.41, 5.74) is 3.62. The lowest BCUT2D eigenvalue weighted by atomic mass is 10.1. The highest BCUT2D eigenvalue weighted by Gasteiger charge is 2.28. The highest BCUT2D eigenvalue weighted by Crippen LogP contribution is 2.31. The van der Waals surface area contributed by atoms with Crippen LogP contribution in [0.1, 0.15) is 40.0 Å². The van der Waals surface area contributed by atoms with Gasteiger partial charge in [-0.1, -0.05) is 24.3 Å². The molecule has 0 aliphatic carbocycles. The van der Waals surface area contributed by atoms with Gasteiger partial charge in [-0.15, -0.1) is 0 Å². The van der Waals surface area contributed by atoms with Gasteiger partial charge in [0.05, 0.1) is 19.0 Å². The summed E-state index contributed by atoms with van der Waals surface area (Å²) in [6, 6.07) is 16.9. The lowest BCUT2D eigenvalue weighted by Crippen LogP contribution is -2.27. The van der Waals surface area contributed by atoms with Gasteiger partial charge in [0.1, 0.15) is 11.6 Å². The second-order valence-corrected chi connectivity index (χ2v) is 7.37. The predicted molar refractivity (Wildman–Crippen MR) is 110 cm³/mol. The molecule has 0 bridgehead atoms. The maximum absolute atomic E-state index is 13.1. The van der Waals surface area contributed by atoms with Gasteiger partial charge in [-0.25, -0.2) is 8.78 Å². The van der Waals surface area contributed by atoms with Crippen molar-refractivity contribution in [2.24, 2.45) is 0 Å². The summed E-state index contributed by atoms with van der Waals surface area (Å²) >= 11 is 0. The zero-order valence-corrected chi connectivity index (χ0v) is 16.4. The van der Waals surface area contributed by atoms with Crippen LogP contribution in [0.2, 0.25) is 0 Å². The average molecular weight is 406 g/mol. The standard InChI is InChI=1S/C24H20F2N2O2/c1-15(17-4-9-21(26)10-5-17)27-24(30)18-6-11-22-19(12-18)13-23(29)28(22)14-16-2-7-20(25)8-3-16/h2-12,15H,13-14H2,1H3,(H,27,30). The largest absolute Gasteiger partial charge is 0.346 e. The third kappa shape index (κ3) is 4.08. The number of carbonyl (C=O) groups is 2. The van der Waals surface area contributed by atoms with E-state index in [4.69, 9.17) is 0 Å². The van der Waals surface area contributed by atoms with E-state index in [-0.39, 0.29) is 35.9 Å². The Labute approximate surface area is 173 Å². The van der Waals surface area contributed by atoms with Gasteiger partial charge in [0.2, 0.25) is 5.91 Å². The third-order valence-electron chi connectivity index (χ3n) is 5.25. The molecule has 3 aromatic carbocycles. The summed E-state index contributed by atoms with van der Waals surface area (Å²) in [6.45, 7) is 2.17. The van der Waals surface area contributed by atoms with Crippen LogP contribution in [-0.2, 0) is 17.8 Å². The van der Waals surface area contributed by atoms with Crippen LogP contribution in [0.3, 0.4) is 0 Å². The highest BCUT2D eigenvalue weighted by molar-refractivity contribution is 6.03. The number of halogens is 2. The Morgan fingerprint density at radius 3 is 2.30 bits per heavy atom. The lowest BCUT2D eigenvalue weighted by Gasteiger charge is -2.18. The van der Waals surface area contributed by atoms with Crippen molar-refractivity contribution in [2.75, 3.05) is 4.90 Å². The molecule has 4 rings (SSSR count). The summed E-state index contributed by atoms with van der Waals surface area (Å²) < 4.78 is 26.2. The minimum Gasteiger partial charge on any atom is -0.346 e. The van der Waals surface area contributed by atoms with Gasteiger partial charge in [0.15, 0.2) is 0 Å². The van der Waals surface area contributed by atoms with Crippen LogP contribution >= 0.6 is 0 Å². The summed E-state index contributed by atoms with van der Waals surface area (Å²) in [5, 5.41) is 2.90. The van der Waals surface area contributed by atoms with Crippen molar-refractivity contribution in [1.82, 2.24) is 5.32 Å². The van der Waals surface area contributed by atoms with E-state index in [0.717, 1.165) is 22.4 Å². The fraction of sp³-hybridized carbons (Fsp3) is 0.167. The van der Waals surface area contributed by atoms with Crippen LogP contribution in [0.25, 0.3) is 0 Å². The van der Waals surface area contributed by atoms with Crippen LogP contribution in [0.4, 0.5) is 14.5 Å². The molecule has 1 aliphatic rings. The van der Waals surface area contributed by atoms with Crippen molar-refractivity contribution in [2.45, 2.75) is 25.9 Å². The fourth-order valence-corrected chi connectivity index (χ4v) is 3.58. The Morgan fingerprint density at radius 1 is 1.00 bits per heavy atom. The van der Waals surface area contributed by atoms with E-state index in [1.54, 1.807) is 47.4 Å². The first-order chi connectivity index (χ1) is 14.4. The summed E-state index contributed by atoms with van der Waals surface area (Å²) in [4.78, 5) is 26.8. The van der Waals surface area contributed by atoms with Gasteiger partial charge in [0.25, 0.3) is 5.91 Å². The van der Waals surface area contributed by atoms with E-state index in [1.807, 2.05) is 6.92 Å². The first kappa shape index (κ1) is 19.8. The number of fused-ring (bicyclic) bond motifs is 1. The van der Waals surface area contributed by atoms with E-state index in [0.29, 0.717) is 12.1 Å². The van der Waals surface area contributed by atoms with Crippen molar-refractivity contribution in [1.29, 1.82) is 0 Å². The summed E-state index contributed by atoms with van der Waals surface area (Å²) in [6.07, 6.45) is 0.213. The van der Waals surface area contributed by atoms with Gasteiger partial charge in [-0.05, 0) is 66.1 Å². The Hall–Kier alpha value is -3.54. The molecule has 0 saturated heterocycles. The molecule has 1 heterocycles. The molecular weight excluding hydrogens is 386 g/mol. The number of carbonyl (C=O) groups excluding carboxylic acids is 2. The second kappa shape index (κ2) is 8.06. The molecule has 0 aromatic heterocycles. The number of nitrogens with zero attached hydrogens (tertiary/aromatic N) is 1. The van der Waals surface area contributed by atoms with Crippen molar-refractivity contribution in [3.05, 3.63) is 101 Å². The van der Waals surface area contributed by atoms with E-state index in [9.17, 15) is 18.4 Å². The van der Waals surface area contributed by atoms with Crippen LogP contribution in [0.15, 0.2) is 66.7 Å². The Balaban J connectivity index is 1.49. The van der Waals surface area contributed by atoms with Crippen LogP contribution in [-0.4, -0.2) is 11.8 Å². The van der Waals surface area contributed by atoms with Crippen LogP contribution < -0.4 is 10.2 Å². The van der Waals surface area contributed by atoms with E-state index in [1.165, 1.54) is 24.3 Å². The molecule has 30 heavy (non-hydrogen) atoms. The zero-order valence-electron chi connectivity index (χ0n) is 16.4. The number of nitrogens with one attached hydrogen (secondary N) is 1. The molecule has 1 unspecified atom stereocenters. The fourth-order valence-electron chi connectivity index (χ4n) is 3.58. The lowest BCUT2D eigenvalue weighted by molar-refractivity contribution is -0.117. The summed E-state index contributed by atoms with van der Waals surface area (Å²) in [5.74, 6) is -0.978. The minimum atomic E-state index is -0.328. The Kier molecular flexibility index (Phi) is 5.31. The normalized spacial score (nSPS) is 13.8. The smallest absolute Gasteiger partial charge is 0.251 e. The van der Waals surface area contributed by atoms with Crippen molar-refractivity contribution >= 4 is 17.5 Å². The Bertz CT molecular complexity index is 1100. The molecule has 0 radical (unpaired) electrons. The molecule has 1 atom stereocenters. The minimum absolute atomic E-state index is 0.0634. The zero-order chi connectivity index (χ0) is 21.3. The number of amides is 2. The molecule has 0 saturated carbocycles. The van der Waals surface area contributed by atoms with E-state index < -0.39 is 0 Å².